The summed E-state index contributed by atoms with van der Waals surface area (Å²) in [5.74, 6) is -0.714. The predicted molar refractivity (Wildman–Crippen MR) is 40.3 cm³/mol. The first-order valence-electron chi connectivity index (χ1n) is 2.91. The van der Waals surface area contributed by atoms with Crippen molar-refractivity contribution in [3.63, 3.8) is 0 Å². The van der Waals surface area contributed by atoms with Crippen molar-refractivity contribution in [1.29, 1.82) is 5.26 Å². The van der Waals surface area contributed by atoms with Gasteiger partial charge in [-0.05, 0) is 28.1 Å². The van der Waals surface area contributed by atoms with Gasteiger partial charge in [-0.2, -0.15) is 5.26 Å². The highest BCUT2D eigenvalue weighted by Gasteiger charge is 2.28. The highest BCUT2D eigenvalue weighted by atomic mass is 79.9. The summed E-state index contributed by atoms with van der Waals surface area (Å²) in [5, 5.41) is 8.29. The zero-order valence-electron chi connectivity index (χ0n) is 5.44. The highest BCUT2D eigenvalue weighted by Crippen LogP contribution is 2.35. The lowest BCUT2D eigenvalue weighted by atomic mass is 10.1. The van der Waals surface area contributed by atoms with Gasteiger partial charge in [-0.15, -0.1) is 0 Å². The molecule has 1 aliphatic carbocycles. The molecule has 1 rings (SSSR count). The van der Waals surface area contributed by atoms with Crippen LogP contribution in [0.1, 0.15) is 6.42 Å². The Morgan fingerprint density at radius 3 is 2.82 bits per heavy atom. The fourth-order valence-corrected chi connectivity index (χ4v) is 1.13. The molecule has 0 N–H and O–H groups in total. The van der Waals surface area contributed by atoms with E-state index in [1.54, 1.807) is 6.07 Å². The van der Waals surface area contributed by atoms with Crippen LogP contribution < -0.4 is 0 Å². The van der Waals surface area contributed by atoms with E-state index in [0.717, 1.165) is 12.2 Å². The largest absolute Gasteiger partial charge is 0.226 e. The fourth-order valence-electron chi connectivity index (χ4n) is 0.755. The molecular formula is C7H4BrF2N. The molecule has 11 heavy (non-hydrogen) atoms. The number of rotatable bonds is 0. The minimum absolute atomic E-state index is 0.0993. The summed E-state index contributed by atoms with van der Waals surface area (Å²) in [5.41, 5.74) is -0.0993. The number of hydrogen-bond acceptors (Lipinski definition) is 1. The van der Waals surface area contributed by atoms with E-state index >= 15 is 0 Å². The topological polar surface area (TPSA) is 23.8 Å². The molecule has 0 radical (unpaired) electrons. The van der Waals surface area contributed by atoms with Gasteiger partial charge in [-0.3, -0.25) is 0 Å². The maximum Gasteiger partial charge on any atom is 0.189 e. The normalized spacial score (nSPS) is 30.4. The van der Waals surface area contributed by atoms with E-state index in [9.17, 15) is 8.78 Å². The van der Waals surface area contributed by atoms with Gasteiger partial charge >= 0.3 is 0 Å². The van der Waals surface area contributed by atoms with Gasteiger partial charge in [-0.1, -0.05) is 0 Å². The Morgan fingerprint density at radius 2 is 2.36 bits per heavy atom. The SMILES string of the molecule is N#CC1=C(F)CC(F)(Br)C=C1. The van der Waals surface area contributed by atoms with E-state index in [1.165, 1.54) is 0 Å². The lowest BCUT2D eigenvalue weighted by Crippen LogP contribution is -2.13. The van der Waals surface area contributed by atoms with Crippen molar-refractivity contribution in [2.24, 2.45) is 0 Å². The summed E-state index contributed by atoms with van der Waals surface area (Å²) in [6, 6.07) is 1.62. The molecular weight excluding hydrogens is 216 g/mol. The van der Waals surface area contributed by atoms with E-state index < -0.39 is 16.8 Å². The van der Waals surface area contributed by atoms with Crippen LogP contribution in [0.2, 0.25) is 0 Å². The van der Waals surface area contributed by atoms with Gasteiger partial charge in [0.2, 0.25) is 0 Å². The maximum atomic E-state index is 12.9. The summed E-state index contributed by atoms with van der Waals surface area (Å²) < 4.78 is 23.7. The van der Waals surface area contributed by atoms with Crippen molar-refractivity contribution >= 4 is 15.9 Å². The van der Waals surface area contributed by atoms with Crippen molar-refractivity contribution in [2.75, 3.05) is 0 Å². The Balaban J connectivity index is 2.93. The standard InChI is InChI=1S/C7H4BrF2N/c8-7(10)2-1-5(4-11)6(9)3-7/h1-2H,3H2. The second-order valence-corrected chi connectivity index (χ2v) is 3.52. The van der Waals surface area contributed by atoms with Crippen LogP contribution >= 0.6 is 15.9 Å². The van der Waals surface area contributed by atoms with Crippen LogP contribution in [0.4, 0.5) is 8.78 Å². The van der Waals surface area contributed by atoms with Crippen LogP contribution in [0, 0.1) is 11.3 Å². The predicted octanol–water partition coefficient (Wildman–Crippen LogP) is 2.75. The third kappa shape index (κ3) is 1.87. The number of hydrogen-bond donors (Lipinski definition) is 0. The van der Waals surface area contributed by atoms with Crippen LogP contribution in [-0.4, -0.2) is 4.58 Å². The minimum Gasteiger partial charge on any atom is -0.226 e. The molecule has 0 aromatic carbocycles. The second-order valence-electron chi connectivity index (χ2n) is 2.20. The Morgan fingerprint density at radius 1 is 1.73 bits per heavy atom. The van der Waals surface area contributed by atoms with Gasteiger partial charge in [0.05, 0.1) is 5.57 Å². The van der Waals surface area contributed by atoms with Crippen LogP contribution in [0.3, 0.4) is 0 Å². The Bertz CT molecular complexity index is 273. The van der Waals surface area contributed by atoms with Crippen LogP contribution in [0.25, 0.3) is 0 Å². The molecule has 0 saturated heterocycles. The third-order valence-electron chi connectivity index (χ3n) is 1.30. The summed E-state index contributed by atoms with van der Waals surface area (Å²) >= 11 is 2.65. The molecule has 0 aliphatic heterocycles. The van der Waals surface area contributed by atoms with Gasteiger partial charge in [0.1, 0.15) is 11.9 Å². The monoisotopic (exact) mass is 219 g/mol. The van der Waals surface area contributed by atoms with Gasteiger partial charge < -0.3 is 0 Å². The van der Waals surface area contributed by atoms with Gasteiger partial charge in [0.25, 0.3) is 0 Å². The first-order valence-corrected chi connectivity index (χ1v) is 3.70. The van der Waals surface area contributed by atoms with Crippen LogP contribution in [0.5, 0.6) is 0 Å². The number of alkyl halides is 2. The van der Waals surface area contributed by atoms with E-state index in [2.05, 4.69) is 15.9 Å². The second kappa shape index (κ2) is 2.74. The van der Waals surface area contributed by atoms with Crippen molar-refractivity contribution < 1.29 is 8.78 Å². The molecule has 4 heteroatoms. The molecule has 0 aromatic heterocycles. The number of nitriles is 1. The minimum atomic E-state index is -1.82. The van der Waals surface area contributed by atoms with Gasteiger partial charge in [-0.25, -0.2) is 8.78 Å². The molecule has 0 fully saturated rings. The molecule has 1 nitrogen and oxygen atoms in total. The first kappa shape index (κ1) is 8.41. The molecule has 1 aliphatic rings. The molecule has 0 amide bonds. The van der Waals surface area contributed by atoms with Crippen LogP contribution in [0.15, 0.2) is 23.6 Å². The molecule has 0 bridgehead atoms. The average Bonchev–Trinajstić information content (AvgIpc) is 1.86. The average molecular weight is 220 g/mol. The molecule has 1 unspecified atom stereocenters. The smallest absolute Gasteiger partial charge is 0.189 e. The lowest BCUT2D eigenvalue weighted by Gasteiger charge is -2.15. The van der Waals surface area contributed by atoms with E-state index in [0.29, 0.717) is 0 Å². The van der Waals surface area contributed by atoms with E-state index in [1.807, 2.05) is 0 Å². The number of allylic oxidation sites excluding steroid dienone is 4. The summed E-state index contributed by atoms with van der Waals surface area (Å²) in [4.78, 5) is 0. The van der Waals surface area contributed by atoms with Gasteiger partial charge in [0.15, 0.2) is 4.58 Å². The molecule has 0 saturated carbocycles. The highest BCUT2D eigenvalue weighted by molar-refractivity contribution is 9.10. The zero-order valence-corrected chi connectivity index (χ0v) is 7.03. The quantitative estimate of drug-likeness (QED) is 0.575. The summed E-state index contributed by atoms with van der Waals surface area (Å²) in [6.07, 6.45) is 1.84. The summed E-state index contributed by atoms with van der Waals surface area (Å²) in [7, 11) is 0. The molecule has 58 valence electrons. The maximum absolute atomic E-state index is 12.9. The van der Waals surface area contributed by atoms with Crippen LogP contribution in [-0.2, 0) is 0 Å². The van der Waals surface area contributed by atoms with Crippen molar-refractivity contribution in [1.82, 2.24) is 0 Å². The fraction of sp³-hybridized carbons (Fsp3) is 0.286. The zero-order chi connectivity index (χ0) is 8.48. The van der Waals surface area contributed by atoms with E-state index in [-0.39, 0.29) is 5.57 Å². The Labute approximate surface area is 71.1 Å². The third-order valence-corrected chi connectivity index (χ3v) is 1.84. The lowest BCUT2D eigenvalue weighted by molar-refractivity contribution is 0.337. The molecule has 0 heterocycles. The van der Waals surface area contributed by atoms with Crippen molar-refractivity contribution in [3.05, 3.63) is 23.6 Å². The Hall–Kier alpha value is -0.690. The molecule has 0 aromatic rings. The number of halogens is 3. The Kier molecular flexibility index (Phi) is 2.10. The molecule has 1 atom stereocenters. The van der Waals surface area contributed by atoms with Crippen molar-refractivity contribution in [3.8, 4) is 6.07 Å². The van der Waals surface area contributed by atoms with Gasteiger partial charge in [0, 0.05) is 6.42 Å². The summed E-state index contributed by atoms with van der Waals surface area (Å²) in [6.45, 7) is 0. The van der Waals surface area contributed by atoms with Crippen molar-refractivity contribution in [2.45, 2.75) is 11.0 Å². The van der Waals surface area contributed by atoms with E-state index in [4.69, 9.17) is 5.26 Å². The first-order chi connectivity index (χ1) is 5.05. The molecule has 0 spiro atoms. The number of nitrogens with zero attached hydrogens (tertiary/aromatic N) is 1.